The van der Waals surface area contributed by atoms with E-state index in [1.54, 1.807) is 7.11 Å². The van der Waals surface area contributed by atoms with Crippen LogP contribution >= 0.6 is 0 Å². The van der Waals surface area contributed by atoms with Gasteiger partial charge in [-0.25, -0.2) is 0 Å². The van der Waals surface area contributed by atoms with Crippen LogP contribution < -0.4 is 10.1 Å². The summed E-state index contributed by atoms with van der Waals surface area (Å²) in [7, 11) is 1.72. The fraction of sp³-hybridized carbons (Fsp3) is 0.130. The largest absolute Gasteiger partial charge is 0.496 e. The van der Waals surface area contributed by atoms with Crippen LogP contribution in [0.1, 0.15) is 22.9 Å². The van der Waals surface area contributed by atoms with Gasteiger partial charge in [-0.1, -0.05) is 54.6 Å². The van der Waals surface area contributed by atoms with Crippen LogP contribution in [0.5, 0.6) is 5.75 Å². The van der Waals surface area contributed by atoms with E-state index in [1.807, 2.05) is 30.3 Å². The van der Waals surface area contributed by atoms with Crippen molar-refractivity contribution in [1.82, 2.24) is 4.98 Å². The van der Waals surface area contributed by atoms with E-state index in [2.05, 4.69) is 65.8 Å². The van der Waals surface area contributed by atoms with Crippen LogP contribution in [-0.4, -0.2) is 12.1 Å². The molecule has 0 aliphatic rings. The second-order valence-corrected chi connectivity index (χ2v) is 6.39. The number of fused-ring (bicyclic) bond motifs is 1. The molecule has 0 aliphatic heterocycles. The molecule has 0 saturated heterocycles. The molecule has 0 spiro atoms. The predicted octanol–water partition coefficient (Wildman–Crippen LogP) is 5.69. The van der Waals surface area contributed by atoms with Crippen molar-refractivity contribution in [3.63, 3.8) is 0 Å². The van der Waals surface area contributed by atoms with Crippen LogP contribution in [0.2, 0.25) is 0 Å². The Labute approximate surface area is 153 Å². The normalized spacial score (nSPS) is 12.1. The van der Waals surface area contributed by atoms with Crippen LogP contribution in [0.25, 0.3) is 10.9 Å². The molecule has 3 nitrogen and oxygen atoms in total. The van der Waals surface area contributed by atoms with Crippen molar-refractivity contribution in [3.8, 4) is 5.75 Å². The average Bonchev–Trinajstić information content (AvgIpc) is 3.02. The van der Waals surface area contributed by atoms with E-state index in [0.717, 1.165) is 28.2 Å². The van der Waals surface area contributed by atoms with Crippen molar-refractivity contribution < 1.29 is 4.74 Å². The van der Waals surface area contributed by atoms with Gasteiger partial charge in [0.1, 0.15) is 5.75 Å². The maximum Gasteiger partial charge on any atom is 0.124 e. The molecule has 0 unspecified atom stereocenters. The zero-order chi connectivity index (χ0) is 17.9. The lowest BCUT2D eigenvalue weighted by Gasteiger charge is -2.23. The van der Waals surface area contributed by atoms with Gasteiger partial charge in [0.2, 0.25) is 0 Å². The summed E-state index contributed by atoms with van der Waals surface area (Å²) in [4.78, 5) is 3.52. The SMILES string of the molecule is COc1ccccc1[C@@H](Nc1ccccc1)c1c(C)[nH]c2ccccc12. The third-order valence-electron chi connectivity index (χ3n) is 4.77. The Balaban J connectivity index is 1.91. The third kappa shape index (κ3) is 2.92. The van der Waals surface area contributed by atoms with Gasteiger partial charge in [0.15, 0.2) is 0 Å². The van der Waals surface area contributed by atoms with Crippen LogP contribution in [0, 0.1) is 6.92 Å². The molecule has 0 radical (unpaired) electrons. The summed E-state index contributed by atoms with van der Waals surface area (Å²) in [6.45, 7) is 2.13. The minimum Gasteiger partial charge on any atom is -0.496 e. The minimum atomic E-state index is -0.0234. The summed E-state index contributed by atoms with van der Waals surface area (Å²) in [5.41, 5.74) is 5.74. The molecule has 2 N–H and O–H groups in total. The van der Waals surface area contributed by atoms with Gasteiger partial charge in [-0.05, 0) is 31.2 Å². The standard InChI is InChI=1S/C23H22N2O/c1-16-22(18-12-6-8-14-20(18)24-16)23(25-17-10-4-3-5-11-17)19-13-7-9-15-21(19)26-2/h3-15,23-25H,1-2H3/t23-/m1/s1. The van der Waals surface area contributed by atoms with Crippen LogP contribution in [0.3, 0.4) is 0 Å². The van der Waals surface area contributed by atoms with Crippen LogP contribution in [0.15, 0.2) is 78.9 Å². The lowest BCUT2D eigenvalue weighted by atomic mass is 9.95. The van der Waals surface area contributed by atoms with E-state index in [9.17, 15) is 0 Å². The van der Waals surface area contributed by atoms with Gasteiger partial charge < -0.3 is 15.0 Å². The third-order valence-corrected chi connectivity index (χ3v) is 4.77. The van der Waals surface area contributed by atoms with Crippen LogP contribution in [-0.2, 0) is 0 Å². The second-order valence-electron chi connectivity index (χ2n) is 6.39. The lowest BCUT2D eigenvalue weighted by molar-refractivity contribution is 0.408. The van der Waals surface area contributed by atoms with Crippen LogP contribution in [0.4, 0.5) is 5.69 Å². The Morgan fingerprint density at radius 3 is 2.35 bits per heavy atom. The van der Waals surface area contributed by atoms with E-state index >= 15 is 0 Å². The zero-order valence-corrected chi connectivity index (χ0v) is 15.0. The van der Waals surface area contributed by atoms with Gasteiger partial charge in [0, 0.05) is 33.4 Å². The number of hydrogen-bond donors (Lipinski definition) is 2. The number of aromatic amines is 1. The first-order valence-corrected chi connectivity index (χ1v) is 8.79. The number of rotatable bonds is 5. The van der Waals surface area contributed by atoms with Gasteiger partial charge >= 0.3 is 0 Å². The lowest BCUT2D eigenvalue weighted by Crippen LogP contribution is -2.14. The van der Waals surface area contributed by atoms with Gasteiger partial charge in [-0.2, -0.15) is 0 Å². The highest BCUT2D eigenvalue weighted by Crippen LogP contribution is 2.38. The molecule has 4 aromatic rings. The Kier molecular flexibility index (Phi) is 4.36. The Hall–Kier alpha value is -3.20. The summed E-state index contributed by atoms with van der Waals surface area (Å²) < 4.78 is 5.66. The molecule has 0 amide bonds. The van der Waals surface area contributed by atoms with Gasteiger partial charge in [-0.3, -0.25) is 0 Å². The molecule has 1 aromatic heterocycles. The summed E-state index contributed by atoms with van der Waals surface area (Å²) in [5.74, 6) is 0.880. The maximum absolute atomic E-state index is 5.66. The number of anilines is 1. The van der Waals surface area contributed by atoms with Crippen molar-refractivity contribution in [2.24, 2.45) is 0 Å². The van der Waals surface area contributed by atoms with E-state index in [-0.39, 0.29) is 6.04 Å². The molecule has 0 bridgehead atoms. The number of nitrogens with one attached hydrogen (secondary N) is 2. The summed E-state index contributed by atoms with van der Waals surface area (Å²) >= 11 is 0. The highest BCUT2D eigenvalue weighted by molar-refractivity contribution is 5.86. The first-order valence-electron chi connectivity index (χ1n) is 8.79. The first kappa shape index (κ1) is 16.3. The Morgan fingerprint density at radius 1 is 0.846 bits per heavy atom. The summed E-state index contributed by atoms with van der Waals surface area (Å²) in [6.07, 6.45) is 0. The van der Waals surface area contributed by atoms with E-state index in [1.165, 1.54) is 10.9 Å². The second kappa shape index (κ2) is 6.96. The highest BCUT2D eigenvalue weighted by atomic mass is 16.5. The fourth-order valence-electron chi connectivity index (χ4n) is 3.58. The number of aromatic nitrogens is 1. The smallest absolute Gasteiger partial charge is 0.124 e. The number of hydrogen-bond acceptors (Lipinski definition) is 2. The molecule has 0 aliphatic carbocycles. The molecule has 0 fully saturated rings. The molecule has 3 heteroatoms. The Bertz CT molecular complexity index is 1020. The predicted molar refractivity (Wildman–Crippen MR) is 108 cm³/mol. The number of H-pyrrole nitrogens is 1. The van der Waals surface area contributed by atoms with Gasteiger partial charge in [0.25, 0.3) is 0 Å². The van der Waals surface area contributed by atoms with Gasteiger partial charge in [-0.15, -0.1) is 0 Å². The monoisotopic (exact) mass is 342 g/mol. The van der Waals surface area contributed by atoms with Crippen molar-refractivity contribution in [2.45, 2.75) is 13.0 Å². The number of para-hydroxylation sites is 3. The molecule has 3 aromatic carbocycles. The number of aryl methyl sites for hydroxylation is 1. The summed E-state index contributed by atoms with van der Waals surface area (Å²) in [6, 6.07) is 26.9. The minimum absolute atomic E-state index is 0.0234. The van der Waals surface area contributed by atoms with Crippen molar-refractivity contribution in [1.29, 1.82) is 0 Å². The molecule has 1 atom stereocenters. The number of ether oxygens (including phenoxy) is 1. The van der Waals surface area contributed by atoms with Crippen molar-refractivity contribution >= 4 is 16.6 Å². The highest BCUT2D eigenvalue weighted by Gasteiger charge is 2.23. The van der Waals surface area contributed by atoms with E-state index in [0.29, 0.717) is 0 Å². The van der Waals surface area contributed by atoms with Crippen molar-refractivity contribution in [3.05, 3.63) is 95.7 Å². The average molecular weight is 342 g/mol. The molecule has 1 heterocycles. The van der Waals surface area contributed by atoms with Gasteiger partial charge in [0.05, 0.1) is 13.2 Å². The first-order chi connectivity index (χ1) is 12.8. The quantitative estimate of drug-likeness (QED) is 0.489. The summed E-state index contributed by atoms with van der Waals surface area (Å²) in [5, 5.41) is 4.93. The van der Waals surface area contributed by atoms with Crippen molar-refractivity contribution in [2.75, 3.05) is 12.4 Å². The Morgan fingerprint density at radius 2 is 1.54 bits per heavy atom. The molecule has 0 saturated carbocycles. The number of methoxy groups -OCH3 is 1. The molecule has 26 heavy (non-hydrogen) atoms. The topological polar surface area (TPSA) is 37.0 Å². The molecular weight excluding hydrogens is 320 g/mol. The van der Waals surface area contributed by atoms with E-state index < -0.39 is 0 Å². The fourth-order valence-corrected chi connectivity index (χ4v) is 3.58. The maximum atomic E-state index is 5.66. The molecule has 4 rings (SSSR count). The molecular formula is C23H22N2O. The van der Waals surface area contributed by atoms with E-state index in [4.69, 9.17) is 4.74 Å². The number of benzene rings is 3. The molecule has 130 valence electrons. The zero-order valence-electron chi connectivity index (χ0n) is 15.0.